The van der Waals surface area contributed by atoms with Gasteiger partial charge in [-0.25, -0.2) is 0 Å². The molecule has 1 heterocycles. The molecule has 5 nitrogen and oxygen atoms in total. The summed E-state index contributed by atoms with van der Waals surface area (Å²) in [5, 5.41) is 0. The van der Waals surface area contributed by atoms with E-state index in [1.54, 1.807) is 0 Å². The number of carbonyl (C=O) groups excluding carboxylic acids is 1. The van der Waals surface area contributed by atoms with Crippen molar-refractivity contribution < 1.29 is 22.8 Å². The fourth-order valence-corrected chi connectivity index (χ4v) is 13.4. The van der Waals surface area contributed by atoms with Crippen LogP contribution in [-0.4, -0.2) is 55.3 Å². The zero-order valence-corrected chi connectivity index (χ0v) is 28.6. The maximum Gasteiger partial charge on any atom is 0.312 e. The Morgan fingerprint density at radius 3 is 2.19 bits per heavy atom. The molecule has 0 radical (unpaired) electrons. The number of hydrogen-bond acceptors (Lipinski definition) is 5. The summed E-state index contributed by atoms with van der Waals surface area (Å²) in [6.45, 7) is 26.2. The molecule has 0 N–H and O–H groups in total. The van der Waals surface area contributed by atoms with E-state index in [0.717, 1.165) is 25.7 Å². The lowest BCUT2D eigenvalue weighted by molar-refractivity contribution is -0.215. The first-order valence-electron chi connectivity index (χ1n) is 15.0. The molecule has 1 saturated heterocycles. The van der Waals surface area contributed by atoms with Gasteiger partial charge in [-0.15, -0.1) is 0 Å². The van der Waals surface area contributed by atoms with E-state index in [-0.39, 0.29) is 45.9 Å². The van der Waals surface area contributed by atoms with E-state index in [9.17, 15) is 4.79 Å². The molecule has 5 fully saturated rings. The van der Waals surface area contributed by atoms with Gasteiger partial charge in [0.15, 0.2) is 25.0 Å². The quantitative estimate of drug-likeness (QED) is 0.241. The summed E-state index contributed by atoms with van der Waals surface area (Å²) < 4.78 is 27.7. The standard InChI is InChI=1S/C29H54O5Si3/c1-26-15-12-16-27(2)23(26)22(32-25(27)30)24(33-36(6,7)8)28-17-20(13-14-21(26)28)29(18-28,34-37(9,10)11)19-31-35(3,4)5/h20-24H,12-19H2,1-11H3/t20-,21?,22-,23?,24-,26+,27-,28-,29-/m1/s1. The van der Waals surface area contributed by atoms with Crippen LogP contribution in [0.3, 0.4) is 0 Å². The molecule has 37 heavy (non-hydrogen) atoms. The minimum Gasteiger partial charge on any atom is -0.459 e. The summed E-state index contributed by atoms with van der Waals surface area (Å²) >= 11 is 0. The smallest absolute Gasteiger partial charge is 0.312 e. The minimum atomic E-state index is -1.92. The van der Waals surface area contributed by atoms with Crippen molar-refractivity contribution in [2.75, 3.05) is 6.61 Å². The van der Waals surface area contributed by atoms with Gasteiger partial charge in [0.1, 0.15) is 6.10 Å². The third-order valence-electron chi connectivity index (χ3n) is 10.7. The average Bonchev–Trinajstić information content (AvgIpc) is 3.11. The molecule has 0 aromatic heterocycles. The van der Waals surface area contributed by atoms with Crippen LogP contribution >= 0.6 is 0 Å². The molecular formula is C29H54O5Si3. The Morgan fingerprint density at radius 2 is 1.59 bits per heavy atom. The van der Waals surface area contributed by atoms with Gasteiger partial charge in [-0.3, -0.25) is 4.79 Å². The Labute approximate surface area is 229 Å². The molecule has 5 rings (SSSR count). The molecular weight excluding hydrogens is 513 g/mol. The van der Waals surface area contributed by atoms with E-state index in [1.807, 2.05) is 0 Å². The van der Waals surface area contributed by atoms with Crippen LogP contribution in [0.15, 0.2) is 0 Å². The first-order chi connectivity index (χ1) is 16.7. The number of esters is 1. The van der Waals surface area contributed by atoms with Gasteiger partial charge in [0, 0.05) is 11.3 Å². The Bertz CT molecular complexity index is 937. The van der Waals surface area contributed by atoms with Crippen molar-refractivity contribution in [1.29, 1.82) is 0 Å². The molecule has 1 aliphatic heterocycles. The van der Waals surface area contributed by atoms with Gasteiger partial charge in [-0.05, 0) is 122 Å². The highest BCUT2D eigenvalue weighted by Crippen LogP contribution is 2.76. The van der Waals surface area contributed by atoms with E-state index >= 15 is 0 Å². The fraction of sp³-hybridized carbons (Fsp3) is 0.966. The van der Waals surface area contributed by atoms with Crippen LogP contribution < -0.4 is 0 Å². The summed E-state index contributed by atoms with van der Waals surface area (Å²) in [6, 6.07) is 0. The van der Waals surface area contributed by atoms with Crippen molar-refractivity contribution in [3.8, 4) is 0 Å². The lowest BCUT2D eigenvalue weighted by Crippen LogP contribution is -2.67. The van der Waals surface area contributed by atoms with Crippen LogP contribution in [0, 0.1) is 34.0 Å². The van der Waals surface area contributed by atoms with Crippen molar-refractivity contribution in [2.45, 2.75) is 136 Å². The Balaban J connectivity index is 1.65. The number of carbonyl (C=O) groups is 1. The van der Waals surface area contributed by atoms with Crippen molar-refractivity contribution >= 4 is 30.9 Å². The number of rotatable bonds is 7. The van der Waals surface area contributed by atoms with Gasteiger partial charge < -0.3 is 18.0 Å². The number of hydrogen-bond donors (Lipinski definition) is 0. The first kappa shape index (κ1) is 28.5. The maximum absolute atomic E-state index is 13.6. The van der Waals surface area contributed by atoms with Crippen LogP contribution in [0.4, 0.5) is 0 Å². The third-order valence-corrected chi connectivity index (χ3v) is 13.7. The highest BCUT2D eigenvalue weighted by molar-refractivity contribution is 6.70. The molecule has 8 heteroatoms. The van der Waals surface area contributed by atoms with Crippen molar-refractivity contribution in [3.05, 3.63) is 0 Å². The molecule has 5 aliphatic rings. The Hall–Kier alpha value is 0.000649. The highest BCUT2D eigenvalue weighted by atomic mass is 28.4. The molecule has 212 valence electrons. The van der Waals surface area contributed by atoms with Crippen molar-refractivity contribution in [3.63, 3.8) is 0 Å². The van der Waals surface area contributed by atoms with E-state index in [0.29, 0.717) is 18.4 Å². The largest absolute Gasteiger partial charge is 0.459 e. The van der Waals surface area contributed by atoms with Crippen LogP contribution in [0.1, 0.15) is 58.8 Å². The van der Waals surface area contributed by atoms with Crippen molar-refractivity contribution in [1.82, 2.24) is 0 Å². The molecule has 1 spiro atoms. The third kappa shape index (κ3) is 4.52. The monoisotopic (exact) mass is 566 g/mol. The predicted molar refractivity (Wildman–Crippen MR) is 156 cm³/mol. The van der Waals surface area contributed by atoms with Crippen LogP contribution in [0.2, 0.25) is 58.9 Å². The lowest BCUT2D eigenvalue weighted by Gasteiger charge is -2.65. The second-order valence-corrected chi connectivity index (χ2v) is 30.3. The Kier molecular flexibility index (Phi) is 6.56. The van der Waals surface area contributed by atoms with Crippen LogP contribution in [-0.2, 0) is 22.8 Å². The average molecular weight is 567 g/mol. The normalized spacial score (nSPS) is 47.4. The predicted octanol–water partition coefficient (Wildman–Crippen LogP) is 7.21. The topological polar surface area (TPSA) is 54.0 Å². The molecule has 2 bridgehead atoms. The summed E-state index contributed by atoms with van der Waals surface area (Å²) in [5.41, 5.74) is -0.555. The van der Waals surface area contributed by atoms with E-state index in [2.05, 4.69) is 72.8 Å². The fourth-order valence-electron chi connectivity index (χ4n) is 10.1. The Morgan fingerprint density at radius 1 is 0.919 bits per heavy atom. The van der Waals surface area contributed by atoms with Gasteiger partial charge in [-0.1, -0.05) is 13.3 Å². The molecule has 9 atom stereocenters. The molecule has 0 aromatic carbocycles. The van der Waals surface area contributed by atoms with E-state index in [1.165, 1.54) is 19.3 Å². The highest BCUT2D eigenvalue weighted by Gasteiger charge is 2.78. The second kappa shape index (κ2) is 8.51. The van der Waals surface area contributed by atoms with E-state index < -0.39 is 25.0 Å². The van der Waals surface area contributed by atoms with Gasteiger partial charge in [-0.2, -0.15) is 0 Å². The lowest BCUT2D eigenvalue weighted by atomic mass is 9.40. The first-order valence-corrected chi connectivity index (χ1v) is 25.2. The molecule has 0 aromatic rings. The molecule has 0 amide bonds. The molecule has 4 saturated carbocycles. The molecule has 4 aliphatic carbocycles. The van der Waals surface area contributed by atoms with Gasteiger partial charge in [0.05, 0.1) is 23.7 Å². The zero-order chi connectivity index (χ0) is 27.4. The zero-order valence-electron chi connectivity index (χ0n) is 25.6. The van der Waals surface area contributed by atoms with E-state index in [4.69, 9.17) is 18.0 Å². The summed E-state index contributed by atoms with van der Waals surface area (Å²) in [5.74, 6) is 1.30. The second-order valence-electron chi connectivity index (χ2n) is 16.9. The number of ether oxygens (including phenoxy) is 1. The van der Waals surface area contributed by atoms with Gasteiger partial charge >= 0.3 is 5.97 Å². The maximum atomic E-state index is 13.6. The SMILES string of the molecule is C[C@@]12CCC[C@@]3(C)C(=O)O[C@H](C13)[C@@H](O[Si](C)(C)C)[C@@]13C[C@@H](CCC21)[C@@](CO[Si](C)(C)C)(O[Si](C)(C)C)C3. The van der Waals surface area contributed by atoms with Gasteiger partial charge in [0.25, 0.3) is 0 Å². The molecule has 2 unspecified atom stereocenters. The number of fused-ring (bicyclic) bond motifs is 2. The summed E-state index contributed by atoms with van der Waals surface area (Å²) in [7, 11) is -5.50. The van der Waals surface area contributed by atoms with Crippen LogP contribution in [0.5, 0.6) is 0 Å². The minimum absolute atomic E-state index is 0.0234. The van der Waals surface area contributed by atoms with Gasteiger partial charge in [0.2, 0.25) is 0 Å². The van der Waals surface area contributed by atoms with Crippen LogP contribution in [0.25, 0.3) is 0 Å². The summed E-state index contributed by atoms with van der Waals surface area (Å²) in [6.07, 6.45) is 7.63. The summed E-state index contributed by atoms with van der Waals surface area (Å²) in [4.78, 5) is 13.6. The van der Waals surface area contributed by atoms with Crippen molar-refractivity contribution in [2.24, 2.45) is 34.0 Å².